The fourth-order valence-electron chi connectivity index (χ4n) is 3.47. The first-order valence-corrected chi connectivity index (χ1v) is 9.69. The predicted molar refractivity (Wildman–Crippen MR) is 112 cm³/mol. The first kappa shape index (κ1) is 21.2. The summed E-state index contributed by atoms with van der Waals surface area (Å²) >= 11 is 0. The van der Waals surface area contributed by atoms with E-state index in [1.165, 1.54) is 6.92 Å². The van der Waals surface area contributed by atoms with Crippen LogP contribution in [-0.4, -0.2) is 36.7 Å². The number of nitrogens with one attached hydrogen (secondary N) is 1. The summed E-state index contributed by atoms with van der Waals surface area (Å²) in [5.41, 5.74) is 3.76. The molecule has 156 valence electrons. The largest absolute Gasteiger partial charge is 0.455 e. The Balaban J connectivity index is 1.55. The fraction of sp³-hybridized carbons (Fsp3) is 0.304. The quantitative estimate of drug-likeness (QED) is 0.586. The van der Waals surface area contributed by atoms with Crippen LogP contribution < -0.4 is 10.2 Å². The molecule has 7 nitrogen and oxygen atoms in total. The van der Waals surface area contributed by atoms with E-state index in [1.807, 2.05) is 32.0 Å². The Morgan fingerprint density at radius 1 is 1.13 bits per heavy atom. The highest BCUT2D eigenvalue weighted by Crippen LogP contribution is 2.29. The fourth-order valence-corrected chi connectivity index (χ4v) is 3.47. The van der Waals surface area contributed by atoms with E-state index in [0.717, 1.165) is 16.8 Å². The second-order valence-corrected chi connectivity index (χ2v) is 7.49. The van der Waals surface area contributed by atoms with Crippen molar-refractivity contribution in [1.29, 1.82) is 0 Å². The molecule has 1 heterocycles. The summed E-state index contributed by atoms with van der Waals surface area (Å²) in [5, 5.41) is 2.59. The van der Waals surface area contributed by atoms with Crippen LogP contribution >= 0.6 is 0 Å². The average Bonchev–Trinajstić information content (AvgIpc) is 3.08. The second-order valence-electron chi connectivity index (χ2n) is 7.49. The number of aryl methyl sites for hydroxylation is 2. The number of ether oxygens (including phenoxy) is 1. The summed E-state index contributed by atoms with van der Waals surface area (Å²) < 4.78 is 5.12. The topological polar surface area (TPSA) is 92.8 Å². The number of benzene rings is 2. The lowest BCUT2D eigenvalue weighted by Gasteiger charge is -2.19. The SMILES string of the molecule is CC(=O)c1cccc(NC(=O)COC(=O)[C@H]2CC(=O)N(c3ccc(C)cc3C)C2)c1. The minimum absolute atomic E-state index is 0.0500. The van der Waals surface area contributed by atoms with Gasteiger partial charge in [-0.2, -0.15) is 0 Å². The summed E-state index contributed by atoms with van der Waals surface area (Å²) in [4.78, 5) is 49.9. The zero-order valence-corrected chi connectivity index (χ0v) is 17.2. The molecule has 2 amide bonds. The van der Waals surface area contributed by atoms with Gasteiger partial charge in [-0.25, -0.2) is 0 Å². The number of anilines is 2. The normalized spacial score (nSPS) is 15.8. The molecule has 2 aromatic rings. The van der Waals surface area contributed by atoms with Crippen LogP contribution in [0.1, 0.15) is 34.8 Å². The van der Waals surface area contributed by atoms with Crippen LogP contribution in [0.15, 0.2) is 42.5 Å². The van der Waals surface area contributed by atoms with Crippen molar-refractivity contribution in [2.45, 2.75) is 27.2 Å². The highest BCUT2D eigenvalue weighted by molar-refractivity contribution is 6.01. The zero-order valence-electron chi connectivity index (χ0n) is 17.2. The average molecular weight is 408 g/mol. The van der Waals surface area contributed by atoms with Gasteiger partial charge in [0.25, 0.3) is 5.91 Å². The van der Waals surface area contributed by atoms with Crippen LogP contribution in [0.4, 0.5) is 11.4 Å². The molecule has 2 aromatic carbocycles. The minimum Gasteiger partial charge on any atom is -0.455 e. The Labute approximate surface area is 175 Å². The van der Waals surface area contributed by atoms with Crippen LogP contribution in [0.2, 0.25) is 0 Å². The number of hydrogen-bond acceptors (Lipinski definition) is 5. The third kappa shape index (κ3) is 4.92. The van der Waals surface area contributed by atoms with Crippen LogP contribution in [-0.2, 0) is 19.1 Å². The first-order chi connectivity index (χ1) is 14.2. The molecule has 0 unspecified atom stereocenters. The van der Waals surface area contributed by atoms with Gasteiger partial charge >= 0.3 is 5.97 Å². The van der Waals surface area contributed by atoms with E-state index in [-0.39, 0.29) is 24.7 Å². The van der Waals surface area contributed by atoms with Crippen LogP contribution in [0.5, 0.6) is 0 Å². The Kier molecular flexibility index (Phi) is 6.30. The molecule has 1 aliphatic rings. The number of rotatable bonds is 6. The number of carbonyl (C=O) groups is 4. The Morgan fingerprint density at radius 2 is 1.90 bits per heavy atom. The lowest BCUT2D eigenvalue weighted by atomic mass is 10.1. The third-order valence-electron chi connectivity index (χ3n) is 5.00. The van der Waals surface area contributed by atoms with Gasteiger partial charge in [0, 0.05) is 29.9 Å². The predicted octanol–water partition coefficient (Wildman–Crippen LogP) is 3.04. The molecule has 0 bridgehead atoms. The van der Waals surface area contributed by atoms with Crippen molar-refractivity contribution in [3.05, 3.63) is 59.2 Å². The summed E-state index contributed by atoms with van der Waals surface area (Å²) in [6.45, 7) is 5.10. The molecule has 3 rings (SSSR count). The molecule has 1 atom stereocenters. The smallest absolute Gasteiger partial charge is 0.311 e. The Hall–Kier alpha value is -3.48. The summed E-state index contributed by atoms with van der Waals surface area (Å²) in [5.74, 6) is -1.97. The summed E-state index contributed by atoms with van der Waals surface area (Å²) in [6.07, 6.45) is 0.0500. The van der Waals surface area contributed by atoms with Crippen LogP contribution in [0.3, 0.4) is 0 Å². The highest BCUT2D eigenvalue weighted by atomic mass is 16.5. The Bertz CT molecular complexity index is 1010. The van der Waals surface area contributed by atoms with E-state index < -0.39 is 24.4 Å². The van der Waals surface area contributed by atoms with Crippen molar-refractivity contribution in [3.8, 4) is 0 Å². The highest BCUT2D eigenvalue weighted by Gasteiger charge is 2.36. The van der Waals surface area contributed by atoms with Gasteiger partial charge in [0.05, 0.1) is 5.92 Å². The minimum atomic E-state index is -0.618. The van der Waals surface area contributed by atoms with Gasteiger partial charge in [-0.15, -0.1) is 0 Å². The molecule has 1 fully saturated rings. The molecular weight excluding hydrogens is 384 g/mol. The van der Waals surface area contributed by atoms with Gasteiger partial charge in [-0.1, -0.05) is 29.8 Å². The van der Waals surface area contributed by atoms with Gasteiger partial charge in [-0.3, -0.25) is 19.2 Å². The molecule has 1 saturated heterocycles. The van der Waals surface area contributed by atoms with E-state index in [4.69, 9.17) is 4.74 Å². The number of Topliss-reactive ketones (excluding diaryl/α,β-unsaturated/α-hetero) is 1. The molecule has 0 spiro atoms. The third-order valence-corrected chi connectivity index (χ3v) is 5.00. The maximum absolute atomic E-state index is 12.4. The standard InChI is InChI=1S/C23H24N2O5/c1-14-7-8-20(15(2)9-14)25-12-18(11-22(25)28)23(29)30-13-21(27)24-19-6-4-5-17(10-19)16(3)26/h4-10,18H,11-13H2,1-3H3,(H,24,27)/t18-/m0/s1. The molecule has 30 heavy (non-hydrogen) atoms. The number of esters is 1. The van der Waals surface area contributed by atoms with Gasteiger partial charge in [-0.05, 0) is 44.5 Å². The van der Waals surface area contributed by atoms with Crippen molar-refractivity contribution in [1.82, 2.24) is 0 Å². The van der Waals surface area contributed by atoms with E-state index in [0.29, 0.717) is 11.3 Å². The monoisotopic (exact) mass is 408 g/mol. The molecule has 0 aromatic heterocycles. The lowest BCUT2D eigenvalue weighted by Crippen LogP contribution is -2.28. The summed E-state index contributed by atoms with van der Waals surface area (Å²) in [6, 6.07) is 12.3. The Morgan fingerprint density at radius 3 is 2.60 bits per heavy atom. The number of nitrogens with zero attached hydrogens (tertiary/aromatic N) is 1. The second kappa shape index (κ2) is 8.90. The molecule has 7 heteroatoms. The van der Waals surface area contributed by atoms with E-state index in [1.54, 1.807) is 29.2 Å². The van der Waals surface area contributed by atoms with Crippen molar-refractivity contribution < 1.29 is 23.9 Å². The number of hydrogen-bond donors (Lipinski definition) is 1. The first-order valence-electron chi connectivity index (χ1n) is 9.69. The van der Waals surface area contributed by atoms with Gasteiger partial charge in [0.1, 0.15) is 0 Å². The van der Waals surface area contributed by atoms with Gasteiger partial charge in [0.15, 0.2) is 12.4 Å². The van der Waals surface area contributed by atoms with Crippen LogP contribution in [0, 0.1) is 19.8 Å². The van der Waals surface area contributed by atoms with E-state index in [2.05, 4.69) is 5.32 Å². The van der Waals surface area contributed by atoms with Gasteiger partial charge < -0.3 is 15.0 Å². The van der Waals surface area contributed by atoms with Crippen LogP contribution in [0.25, 0.3) is 0 Å². The number of amides is 2. The summed E-state index contributed by atoms with van der Waals surface area (Å²) in [7, 11) is 0. The van der Waals surface area contributed by atoms with E-state index >= 15 is 0 Å². The van der Waals surface area contributed by atoms with Crippen molar-refractivity contribution in [2.24, 2.45) is 5.92 Å². The zero-order chi connectivity index (χ0) is 21.8. The number of carbonyl (C=O) groups excluding carboxylic acids is 4. The van der Waals surface area contributed by atoms with Gasteiger partial charge in [0.2, 0.25) is 5.91 Å². The maximum Gasteiger partial charge on any atom is 0.311 e. The van der Waals surface area contributed by atoms with E-state index in [9.17, 15) is 19.2 Å². The number of ketones is 1. The van der Waals surface area contributed by atoms with Crippen molar-refractivity contribution in [2.75, 3.05) is 23.4 Å². The molecular formula is C23H24N2O5. The van der Waals surface area contributed by atoms with Crippen molar-refractivity contribution >= 4 is 34.9 Å². The maximum atomic E-state index is 12.4. The van der Waals surface area contributed by atoms with Crippen molar-refractivity contribution in [3.63, 3.8) is 0 Å². The molecule has 0 radical (unpaired) electrons. The lowest BCUT2D eigenvalue weighted by molar-refractivity contribution is -0.151. The molecule has 0 saturated carbocycles. The molecule has 0 aliphatic carbocycles. The molecule has 1 aliphatic heterocycles. The molecule has 1 N–H and O–H groups in total.